The first-order valence-corrected chi connectivity index (χ1v) is 3.41. The molecule has 1 rings (SSSR count). The predicted octanol–water partition coefficient (Wildman–Crippen LogP) is 1.68. The first-order valence-electron chi connectivity index (χ1n) is 2.67. The minimum absolute atomic E-state index is 0.283. The Labute approximate surface area is 71.4 Å². The van der Waals surface area contributed by atoms with E-state index in [1.165, 1.54) is 6.07 Å². The number of rotatable bonds is 0. The maximum absolute atomic E-state index is 12.7. The van der Waals surface area contributed by atoms with Crippen molar-refractivity contribution in [2.75, 3.05) is 0 Å². The number of hydrogen-bond acceptors (Lipinski definition) is 0. The summed E-state index contributed by atoms with van der Waals surface area (Å²) in [6.45, 7) is 0. The molecule has 0 fully saturated rings. The third-order valence-corrected chi connectivity index (χ3v) is 1.23. The summed E-state index contributed by atoms with van der Waals surface area (Å²) in [5, 5.41) is 0. The molecule has 2 heteroatoms. The van der Waals surface area contributed by atoms with E-state index in [2.05, 4.69) is 31.1 Å². The molecule has 0 nitrogen and oxygen atoms in total. The molecule has 0 aromatic heterocycles. The van der Waals surface area contributed by atoms with E-state index in [0.717, 1.165) is 0 Å². The summed E-state index contributed by atoms with van der Waals surface area (Å²) in [4.78, 5) is 0. The molecule has 0 bridgehead atoms. The van der Waals surface area contributed by atoms with Crippen LogP contribution in [0.15, 0.2) is 24.3 Å². The second-order valence-corrected chi connectivity index (χ2v) is 2.05. The summed E-state index contributed by atoms with van der Waals surface area (Å²) in [7, 11) is 0. The van der Waals surface area contributed by atoms with Crippen molar-refractivity contribution in [2.45, 2.75) is 0 Å². The van der Waals surface area contributed by atoms with Gasteiger partial charge in [-0.15, -0.1) is 0 Å². The molecule has 0 aliphatic carbocycles. The van der Waals surface area contributed by atoms with Crippen molar-refractivity contribution in [2.24, 2.45) is 0 Å². The zero-order valence-corrected chi connectivity index (χ0v) is 6.47. The van der Waals surface area contributed by atoms with Gasteiger partial charge in [0.05, 0.1) is 0 Å². The molecule has 54 valence electrons. The van der Waals surface area contributed by atoms with E-state index >= 15 is 0 Å². The molecule has 0 aliphatic rings. The van der Waals surface area contributed by atoms with Gasteiger partial charge in [0.1, 0.15) is 0 Å². The third-order valence-electron chi connectivity index (χ3n) is 1.05. The van der Waals surface area contributed by atoms with Crippen molar-refractivity contribution in [3.05, 3.63) is 35.6 Å². The van der Waals surface area contributed by atoms with Crippen LogP contribution in [0, 0.1) is 15.9 Å². The molecule has 0 spiro atoms. The average Bonchev–Trinajstić information content (AvgIpc) is 1.94. The van der Waals surface area contributed by atoms with E-state index in [1.807, 2.05) is 0 Å². The third kappa shape index (κ3) is 1.71. The standard InChI is InChI=1S/C8H4F.Ag/c1-2-7-5-3-4-6-8(7)9;/h3-6H;. The summed E-state index contributed by atoms with van der Waals surface area (Å²) in [5.74, 6) is 2.28. The van der Waals surface area contributed by atoms with Crippen LogP contribution >= 0.6 is 0 Å². The molecule has 0 saturated carbocycles. The van der Waals surface area contributed by atoms with Crippen molar-refractivity contribution in [1.29, 1.82) is 0 Å². The zero-order chi connectivity index (χ0) is 7.40. The van der Waals surface area contributed by atoms with Crippen LogP contribution in [0.2, 0.25) is 0 Å². The Morgan fingerprint density at radius 2 is 2.00 bits per heavy atom. The second-order valence-electron chi connectivity index (χ2n) is 1.68. The van der Waals surface area contributed by atoms with Gasteiger partial charge < -0.3 is 0 Å². The molecule has 0 atom stereocenters. The minimum atomic E-state index is -0.283. The van der Waals surface area contributed by atoms with E-state index < -0.39 is 0 Å². The van der Waals surface area contributed by atoms with Crippen LogP contribution in [0.3, 0.4) is 0 Å². The molecular weight excluding hydrogens is 223 g/mol. The molecule has 10 heavy (non-hydrogen) atoms. The molecule has 1 aromatic rings. The first-order chi connectivity index (χ1) is 4.84. The molecule has 1 aromatic carbocycles. The molecule has 0 saturated heterocycles. The summed E-state index contributed by atoms with van der Waals surface area (Å²) in [5.41, 5.74) is 0.415. The van der Waals surface area contributed by atoms with E-state index in [9.17, 15) is 4.39 Å². The number of benzene rings is 1. The normalized spacial score (nSPS) is 8.30. The van der Waals surface area contributed by atoms with Crippen LogP contribution in [0.1, 0.15) is 5.56 Å². The quantitative estimate of drug-likeness (QED) is 0.467. The topological polar surface area (TPSA) is 0 Å². The molecule has 0 unspecified atom stereocenters. The van der Waals surface area contributed by atoms with Gasteiger partial charge in [0, 0.05) is 0 Å². The van der Waals surface area contributed by atoms with E-state index in [1.54, 1.807) is 18.2 Å². The monoisotopic (exact) mass is 226 g/mol. The van der Waals surface area contributed by atoms with E-state index in [0.29, 0.717) is 5.56 Å². The molecule has 0 N–H and O–H groups in total. The van der Waals surface area contributed by atoms with Gasteiger partial charge in [0.25, 0.3) is 0 Å². The van der Waals surface area contributed by atoms with Gasteiger partial charge >= 0.3 is 71.2 Å². The predicted molar refractivity (Wildman–Crippen MR) is 33.3 cm³/mol. The van der Waals surface area contributed by atoms with Gasteiger partial charge in [0.15, 0.2) is 0 Å². The van der Waals surface area contributed by atoms with Gasteiger partial charge in [-0.3, -0.25) is 0 Å². The van der Waals surface area contributed by atoms with Crippen molar-refractivity contribution in [1.82, 2.24) is 0 Å². The SMILES string of the molecule is Fc1ccccc1C#[C][Ag]. The summed E-state index contributed by atoms with van der Waals surface area (Å²) >= 11 is 2.91. The Bertz CT molecular complexity index is 283. The first kappa shape index (κ1) is 7.56. The molecule has 0 radical (unpaired) electrons. The number of halogens is 1. The fourth-order valence-corrected chi connectivity index (χ4v) is 0.803. The van der Waals surface area contributed by atoms with Crippen molar-refractivity contribution in [3.8, 4) is 10.1 Å². The van der Waals surface area contributed by atoms with Crippen LogP contribution < -0.4 is 0 Å². The Kier molecular flexibility index (Phi) is 2.70. The van der Waals surface area contributed by atoms with Crippen molar-refractivity contribution >= 4 is 0 Å². The fraction of sp³-hybridized carbons (Fsp3) is 0. The zero-order valence-electron chi connectivity index (χ0n) is 4.99. The Morgan fingerprint density at radius 1 is 1.30 bits per heavy atom. The Hall–Kier alpha value is -0.550. The van der Waals surface area contributed by atoms with Gasteiger partial charge in [0.2, 0.25) is 0 Å². The van der Waals surface area contributed by atoms with Crippen LogP contribution in [0.5, 0.6) is 0 Å². The van der Waals surface area contributed by atoms with Gasteiger partial charge in [-0.25, -0.2) is 0 Å². The van der Waals surface area contributed by atoms with Crippen molar-refractivity contribution < 1.29 is 25.5 Å². The van der Waals surface area contributed by atoms with Crippen LogP contribution in [-0.4, -0.2) is 0 Å². The van der Waals surface area contributed by atoms with Gasteiger partial charge in [-0.1, -0.05) is 0 Å². The van der Waals surface area contributed by atoms with Gasteiger partial charge in [-0.05, 0) is 0 Å². The van der Waals surface area contributed by atoms with Crippen LogP contribution in [0.25, 0.3) is 0 Å². The Morgan fingerprint density at radius 3 is 2.60 bits per heavy atom. The van der Waals surface area contributed by atoms with Gasteiger partial charge in [-0.2, -0.15) is 0 Å². The number of hydrogen-bond donors (Lipinski definition) is 0. The van der Waals surface area contributed by atoms with Crippen LogP contribution in [0.4, 0.5) is 4.39 Å². The molecule has 0 aliphatic heterocycles. The summed E-state index contributed by atoms with van der Waals surface area (Å²) < 4.78 is 15.1. The maximum atomic E-state index is 12.7. The average molecular weight is 227 g/mol. The molecular formula is C8H4AgF. The van der Waals surface area contributed by atoms with Crippen LogP contribution in [-0.2, 0) is 21.1 Å². The van der Waals surface area contributed by atoms with Crippen molar-refractivity contribution in [3.63, 3.8) is 0 Å². The second kappa shape index (κ2) is 3.58. The molecule has 0 heterocycles. The Balaban J connectivity index is 3.11. The summed E-state index contributed by atoms with van der Waals surface area (Å²) in [6, 6.07) is 6.39. The summed E-state index contributed by atoms with van der Waals surface area (Å²) in [6.07, 6.45) is 0. The van der Waals surface area contributed by atoms with E-state index in [4.69, 9.17) is 0 Å². The fourth-order valence-electron chi connectivity index (χ4n) is 0.603. The van der Waals surface area contributed by atoms with E-state index in [-0.39, 0.29) is 5.82 Å². The molecule has 0 amide bonds.